The second kappa shape index (κ2) is 7.38. The maximum Gasteiger partial charge on any atom is 0.270 e. The first-order chi connectivity index (χ1) is 13.5. The lowest BCUT2D eigenvalue weighted by molar-refractivity contribution is -0.127. The van der Waals surface area contributed by atoms with Gasteiger partial charge < -0.3 is 10.2 Å². The van der Waals surface area contributed by atoms with Gasteiger partial charge >= 0.3 is 0 Å². The molecular weight excluding hydrogens is 361 g/mol. The Morgan fingerprint density at radius 3 is 2.89 bits per heavy atom. The van der Waals surface area contributed by atoms with Crippen LogP contribution in [0.1, 0.15) is 28.2 Å². The van der Waals surface area contributed by atoms with Crippen LogP contribution in [0.25, 0.3) is 5.78 Å². The van der Waals surface area contributed by atoms with Crippen LogP contribution in [-0.4, -0.2) is 50.2 Å². The summed E-state index contributed by atoms with van der Waals surface area (Å²) in [7, 11) is 0. The number of nitrogens with zero attached hydrogens (tertiary/aromatic N) is 4. The third-order valence-corrected chi connectivity index (χ3v) is 4.93. The molecule has 1 aliphatic rings. The number of rotatable bonds is 5. The number of hydrogen-bond donors (Lipinski definition) is 1. The molecule has 0 saturated carbocycles. The van der Waals surface area contributed by atoms with Crippen LogP contribution in [0.2, 0.25) is 0 Å². The summed E-state index contributed by atoms with van der Waals surface area (Å²) in [6.07, 6.45) is 4.28. The molecule has 1 atom stereocenters. The SMILES string of the molecule is Cc1nc2ncccn2c1C(=O)NC1CC(=O)N(CCc2ccc(F)cc2)C1. The molecule has 1 aliphatic heterocycles. The highest BCUT2D eigenvalue weighted by Crippen LogP contribution is 2.15. The van der Waals surface area contributed by atoms with Crippen LogP contribution in [-0.2, 0) is 11.2 Å². The Labute approximate surface area is 161 Å². The monoisotopic (exact) mass is 381 g/mol. The van der Waals surface area contributed by atoms with E-state index < -0.39 is 0 Å². The van der Waals surface area contributed by atoms with Crippen LogP contribution < -0.4 is 5.32 Å². The summed E-state index contributed by atoms with van der Waals surface area (Å²) in [6, 6.07) is 7.75. The van der Waals surface area contributed by atoms with Gasteiger partial charge in [-0.3, -0.25) is 14.0 Å². The normalized spacial score (nSPS) is 16.7. The highest BCUT2D eigenvalue weighted by Gasteiger charge is 2.31. The molecule has 0 bridgehead atoms. The number of halogens is 1. The largest absolute Gasteiger partial charge is 0.346 e. The minimum Gasteiger partial charge on any atom is -0.346 e. The van der Waals surface area contributed by atoms with Crippen molar-refractivity contribution in [1.82, 2.24) is 24.6 Å². The van der Waals surface area contributed by atoms with Crippen molar-refractivity contribution in [2.24, 2.45) is 0 Å². The average molecular weight is 381 g/mol. The number of benzene rings is 1. The number of aromatic nitrogens is 3. The van der Waals surface area contributed by atoms with E-state index in [0.29, 0.717) is 36.7 Å². The standard InChI is InChI=1S/C20H20FN5O2/c1-13-18(26-9-2-8-22-20(26)23-13)19(28)24-16-11-17(27)25(12-16)10-7-14-3-5-15(21)6-4-14/h2-6,8-9,16H,7,10-12H2,1H3,(H,24,28). The fourth-order valence-corrected chi connectivity index (χ4v) is 3.53. The summed E-state index contributed by atoms with van der Waals surface area (Å²) in [5.41, 5.74) is 1.99. The predicted molar refractivity (Wildman–Crippen MR) is 100 cm³/mol. The molecular formula is C20H20FN5O2. The zero-order valence-electron chi connectivity index (χ0n) is 15.4. The van der Waals surface area contributed by atoms with Crippen molar-refractivity contribution < 1.29 is 14.0 Å². The number of nitrogens with one attached hydrogen (secondary N) is 1. The summed E-state index contributed by atoms with van der Waals surface area (Å²) in [5.74, 6) is -0.0737. The molecule has 1 fully saturated rings. The highest BCUT2D eigenvalue weighted by molar-refractivity contribution is 5.95. The third kappa shape index (κ3) is 3.58. The molecule has 4 rings (SSSR count). The quantitative estimate of drug-likeness (QED) is 0.730. The lowest BCUT2D eigenvalue weighted by Gasteiger charge is -2.17. The number of amides is 2. The molecule has 8 heteroatoms. The van der Waals surface area contributed by atoms with E-state index in [-0.39, 0.29) is 30.1 Å². The average Bonchev–Trinajstić information content (AvgIpc) is 3.19. The molecule has 2 aromatic heterocycles. The summed E-state index contributed by atoms with van der Waals surface area (Å²) in [6.45, 7) is 2.76. The second-order valence-electron chi connectivity index (χ2n) is 6.93. The van der Waals surface area contributed by atoms with Gasteiger partial charge in [0.15, 0.2) is 0 Å². The Hall–Kier alpha value is -3.29. The molecule has 0 radical (unpaired) electrons. The van der Waals surface area contributed by atoms with Gasteiger partial charge in [-0.2, -0.15) is 0 Å². The minimum atomic E-state index is -0.276. The number of hydrogen-bond acceptors (Lipinski definition) is 4. The Morgan fingerprint density at radius 2 is 2.11 bits per heavy atom. The Kier molecular flexibility index (Phi) is 4.77. The summed E-state index contributed by atoms with van der Waals surface area (Å²) in [4.78, 5) is 35.2. The predicted octanol–water partition coefficient (Wildman–Crippen LogP) is 1.75. The molecule has 144 valence electrons. The van der Waals surface area contributed by atoms with E-state index in [1.807, 2.05) is 0 Å². The number of carbonyl (C=O) groups is 2. The van der Waals surface area contributed by atoms with Crippen molar-refractivity contribution in [3.05, 3.63) is 65.5 Å². The van der Waals surface area contributed by atoms with Gasteiger partial charge in [0.25, 0.3) is 5.91 Å². The zero-order chi connectivity index (χ0) is 19.7. The fourth-order valence-electron chi connectivity index (χ4n) is 3.53. The van der Waals surface area contributed by atoms with Crippen molar-refractivity contribution in [1.29, 1.82) is 0 Å². The second-order valence-corrected chi connectivity index (χ2v) is 6.93. The van der Waals surface area contributed by atoms with Crippen molar-refractivity contribution in [3.8, 4) is 0 Å². The van der Waals surface area contributed by atoms with Crippen molar-refractivity contribution >= 4 is 17.6 Å². The maximum atomic E-state index is 13.0. The summed E-state index contributed by atoms with van der Waals surface area (Å²) < 4.78 is 14.6. The molecule has 3 aromatic rings. The number of carbonyl (C=O) groups excluding carboxylic acids is 2. The smallest absolute Gasteiger partial charge is 0.270 e. The van der Waals surface area contributed by atoms with Gasteiger partial charge in [0, 0.05) is 31.9 Å². The first-order valence-corrected chi connectivity index (χ1v) is 9.14. The minimum absolute atomic E-state index is 0.00365. The molecule has 3 heterocycles. The molecule has 0 spiro atoms. The number of imidazole rings is 1. The van der Waals surface area contributed by atoms with Crippen LogP contribution >= 0.6 is 0 Å². The first-order valence-electron chi connectivity index (χ1n) is 9.14. The van der Waals surface area contributed by atoms with E-state index in [4.69, 9.17) is 0 Å². The molecule has 1 aromatic carbocycles. The lowest BCUT2D eigenvalue weighted by Crippen LogP contribution is -2.38. The Balaban J connectivity index is 1.39. The van der Waals surface area contributed by atoms with Gasteiger partial charge in [-0.25, -0.2) is 14.4 Å². The van der Waals surface area contributed by atoms with E-state index in [1.165, 1.54) is 12.1 Å². The number of likely N-dealkylation sites (tertiary alicyclic amines) is 1. The molecule has 0 aliphatic carbocycles. The van der Waals surface area contributed by atoms with Gasteiger partial charge in [-0.05, 0) is 37.1 Å². The van der Waals surface area contributed by atoms with Crippen LogP contribution in [0.4, 0.5) is 4.39 Å². The van der Waals surface area contributed by atoms with Crippen LogP contribution in [0.3, 0.4) is 0 Å². The van der Waals surface area contributed by atoms with Gasteiger partial charge in [0.05, 0.1) is 11.7 Å². The molecule has 1 unspecified atom stereocenters. The molecule has 1 saturated heterocycles. The molecule has 28 heavy (non-hydrogen) atoms. The van der Waals surface area contributed by atoms with Gasteiger partial charge in [-0.1, -0.05) is 12.1 Å². The first kappa shape index (κ1) is 18.1. The maximum absolute atomic E-state index is 13.0. The van der Waals surface area contributed by atoms with Gasteiger partial charge in [0.2, 0.25) is 11.7 Å². The summed E-state index contributed by atoms with van der Waals surface area (Å²) >= 11 is 0. The van der Waals surface area contributed by atoms with Crippen LogP contribution in [0.15, 0.2) is 42.7 Å². The summed E-state index contributed by atoms with van der Waals surface area (Å²) in [5, 5.41) is 2.94. The van der Waals surface area contributed by atoms with E-state index in [0.717, 1.165) is 5.56 Å². The lowest BCUT2D eigenvalue weighted by atomic mass is 10.1. The molecule has 2 amide bonds. The van der Waals surface area contributed by atoms with Crippen molar-refractivity contribution in [2.45, 2.75) is 25.8 Å². The van der Waals surface area contributed by atoms with Gasteiger partial charge in [0.1, 0.15) is 11.5 Å². The van der Waals surface area contributed by atoms with E-state index >= 15 is 0 Å². The number of fused-ring (bicyclic) bond motifs is 1. The molecule has 7 nitrogen and oxygen atoms in total. The Bertz CT molecular complexity index is 1030. The molecule has 1 N–H and O–H groups in total. The highest BCUT2D eigenvalue weighted by atomic mass is 19.1. The van der Waals surface area contributed by atoms with Crippen molar-refractivity contribution in [3.63, 3.8) is 0 Å². The van der Waals surface area contributed by atoms with E-state index in [1.54, 1.807) is 46.8 Å². The zero-order valence-corrected chi connectivity index (χ0v) is 15.4. The topological polar surface area (TPSA) is 79.6 Å². The van der Waals surface area contributed by atoms with Crippen LogP contribution in [0, 0.1) is 12.7 Å². The van der Waals surface area contributed by atoms with Crippen LogP contribution in [0.5, 0.6) is 0 Å². The van der Waals surface area contributed by atoms with E-state index in [2.05, 4.69) is 15.3 Å². The van der Waals surface area contributed by atoms with Gasteiger partial charge in [-0.15, -0.1) is 0 Å². The third-order valence-electron chi connectivity index (χ3n) is 4.93. The van der Waals surface area contributed by atoms with Crippen molar-refractivity contribution in [2.75, 3.05) is 13.1 Å². The number of aryl methyl sites for hydroxylation is 1. The Morgan fingerprint density at radius 1 is 1.32 bits per heavy atom. The fraction of sp³-hybridized carbons (Fsp3) is 0.300. The van der Waals surface area contributed by atoms with E-state index in [9.17, 15) is 14.0 Å².